The number of primary amides is 1. The van der Waals surface area contributed by atoms with Crippen molar-refractivity contribution in [3.05, 3.63) is 11.9 Å². The molecule has 1 aliphatic carbocycles. The maximum absolute atomic E-state index is 10.8. The van der Waals surface area contributed by atoms with E-state index < -0.39 is 5.91 Å². The maximum atomic E-state index is 10.8. The average Bonchev–Trinajstić information content (AvgIpc) is 2.51. The number of nitrogens with zero attached hydrogens (tertiary/aromatic N) is 3. The predicted molar refractivity (Wildman–Crippen MR) is 49.4 cm³/mol. The van der Waals surface area contributed by atoms with E-state index in [1.54, 1.807) is 10.9 Å². The highest BCUT2D eigenvalue weighted by molar-refractivity contribution is 5.90. The third kappa shape index (κ3) is 1.48. The molecule has 0 atom stereocenters. The molecule has 0 aromatic carbocycles. The topological polar surface area (TPSA) is 99.8 Å². The normalized spacial score (nSPS) is 25.8. The molecular formula is C8H13N5O. The molecule has 0 aliphatic heterocycles. The van der Waals surface area contributed by atoms with Crippen molar-refractivity contribution in [1.82, 2.24) is 15.0 Å². The van der Waals surface area contributed by atoms with Gasteiger partial charge in [0.05, 0.1) is 12.2 Å². The van der Waals surface area contributed by atoms with E-state index in [-0.39, 0.29) is 5.69 Å². The van der Waals surface area contributed by atoms with Gasteiger partial charge in [-0.2, -0.15) is 0 Å². The first-order chi connectivity index (χ1) is 6.70. The number of carbonyl (C=O) groups is 1. The third-order valence-corrected chi connectivity index (χ3v) is 2.68. The van der Waals surface area contributed by atoms with Gasteiger partial charge in [0, 0.05) is 0 Å². The minimum Gasteiger partial charge on any atom is -0.364 e. The number of hydrogen-bond donors (Lipinski definition) is 2. The van der Waals surface area contributed by atoms with Crippen LogP contribution in [0.2, 0.25) is 0 Å². The molecule has 1 saturated carbocycles. The summed E-state index contributed by atoms with van der Waals surface area (Å²) in [7, 11) is 0. The van der Waals surface area contributed by atoms with Crippen LogP contribution in [0, 0.1) is 5.92 Å². The Kier molecular flexibility index (Phi) is 2.20. The van der Waals surface area contributed by atoms with Gasteiger partial charge in [0.1, 0.15) is 0 Å². The molecule has 2 rings (SSSR count). The summed E-state index contributed by atoms with van der Waals surface area (Å²) in [4.78, 5) is 10.8. The van der Waals surface area contributed by atoms with Crippen molar-refractivity contribution in [3.63, 3.8) is 0 Å². The number of aromatic nitrogens is 3. The number of amides is 1. The second kappa shape index (κ2) is 3.38. The number of rotatable bonds is 3. The minimum absolute atomic E-state index is 0.223. The molecule has 0 spiro atoms. The average molecular weight is 195 g/mol. The SMILES string of the molecule is NCC1CC(n2cc(C(N)=O)nn2)C1. The number of nitrogens with two attached hydrogens (primary N) is 2. The zero-order valence-corrected chi connectivity index (χ0v) is 7.76. The van der Waals surface area contributed by atoms with Gasteiger partial charge >= 0.3 is 0 Å². The lowest BCUT2D eigenvalue weighted by Gasteiger charge is -2.33. The Morgan fingerprint density at radius 2 is 2.36 bits per heavy atom. The standard InChI is InChI=1S/C8H13N5O/c9-3-5-1-6(2-5)13-4-7(8(10)14)11-12-13/h4-6H,1-3,9H2,(H2,10,14). The first-order valence-electron chi connectivity index (χ1n) is 4.62. The smallest absolute Gasteiger partial charge is 0.270 e. The molecular weight excluding hydrogens is 182 g/mol. The predicted octanol–water partition coefficient (Wildman–Crippen LogP) is -0.713. The molecule has 6 heteroatoms. The summed E-state index contributed by atoms with van der Waals surface area (Å²) in [5, 5.41) is 7.53. The van der Waals surface area contributed by atoms with Crippen LogP contribution in [-0.2, 0) is 0 Å². The number of hydrogen-bond acceptors (Lipinski definition) is 4. The van der Waals surface area contributed by atoms with Crippen LogP contribution in [0.4, 0.5) is 0 Å². The van der Waals surface area contributed by atoms with Crippen LogP contribution in [0.15, 0.2) is 6.20 Å². The van der Waals surface area contributed by atoms with E-state index >= 15 is 0 Å². The molecule has 1 amide bonds. The van der Waals surface area contributed by atoms with E-state index in [0.717, 1.165) is 12.8 Å². The fraction of sp³-hybridized carbons (Fsp3) is 0.625. The van der Waals surface area contributed by atoms with E-state index in [9.17, 15) is 4.79 Å². The van der Waals surface area contributed by atoms with E-state index in [1.165, 1.54) is 0 Å². The van der Waals surface area contributed by atoms with Gasteiger partial charge in [-0.15, -0.1) is 5.10 Å². The Balaban J connectivity index is 2.01. The second-order valence-corrected chi connectivity index (χ2v) is 3.68. The summed E-state index contributed by atoms with van der Waals surface area (Å²) in [6.45, 7) is 0.716. The number of carbonyl (C=O) groups excluding carboxylic acids is 1. The van der Waals surface area contributed by atoms with Crippen molar-refractivity contribution in [2.24, 2.45) is 17.4 Å². The van der Waals surface area contributed by atoms with E-state index in [4.69, 9.17) is 11.5 Å². The first-order valence-corrected chi connectivity index (χ1v) is 4.62. The molecule has 1 aliphatic rings. The molecule has 6 nitrogen and oxygen atoms in total. The molecule has 1 aromatic rings. The van der Waals surface area contributed by atoms with Gasteiger partial charge < -0.3 is 11.5 Å². The summed E-state index contributed by atoms with van der Waals surface area (Å²) in [5.74, 6) is 0.0483. The lowest BCUT2D eigenvalue weighted by Crippen LogP contribution is -2.32. The largest absolute Gasteiger partial charge is 0.364 e. The summed E-state index contributed by atoms with van der Waals surface area (Å²) < 4.78 is 1.70. The van der Waals surface area contributed by atoms with Gasteiger partial charge in [0.2, 0.25) is 0 Å². The van der Waals surface area contributed by atoms with Gasteiger partial charge in [-0.1, -0.05) is 5.21 Å². The lowest BCUT2D eigenvalue weighted by molar-refractivity contribution is 0.0995. The highest BCUT2D eigenvalue weighted by Crippen LogP contribution is 2.36. The summed E-state index contributed by atoms with van der Waals surface area (Å²) in [6.07, 6.45) is 3.62. The molecule has 0 bridgehead atoms. The van der Waals surface area contributed by atoms with E-state index in [0.29, 0.717) is 18.5 Å². The Hall–Kier alpha value is -1.43. The zero-order chi connectivity index (χ0) is 10.1. The van der Waals surface area contributed by atoms with Crippen molar-refractivity contribution < 1.29 is 4.79 Å². The fourth-order valence-corrected chi connectivity index (χ4v) is 1.68. The third-order valence-electron chi connectivity index (χ3n) is 2.68. The van der Waals surface area contributed by atoms with Crippen LogP contribution in [-0.4, -0.2) is 27.4 Å². The summed E-state index contributed by atoms with van der Waals surface area (Å²) >= 11 is 0. The van der Waals surface area contributed by atoms with Crippen molar-refractivity contribution in [2.75, 3.05) is 6.54 Å². The van der Waals surface area contributed by atoms with Crippen molar-refractivity contribution in [3.8, 4) is 0 Å². The highest BCUT2D eigenvalue weighted by atomic mass is 16.1. The minimum atomic E-state index is -0.536. The zero-order valence-electron chi connectivity index (χ0n) is 7.76. The fourth-order valence-electron chi connectivity index (χ4n) is 1.68. The highest BCUT2D eigenvalue weighted by Gasteiger charge is 2.30. The van der Waals surface area contributed by atoms with Gasteiger partial charge in [0.15, 0.2) is 5.69 Å². The quantitative estimate of drug-likeness (QED) is 0.665. The van der Waals surface area contributed by atoms with Crippen LogP contribution < -0.4 is 11.5 Å². The molecule has 0 saturated heterocycles. The van der Waals surface area contributed by atoms with E-state index in [1.807, 2.05) is 0 Å². The first kappa shape index (κ1) is 9.14. The molecule has 76 valence electrons. The second-order valence-electron chi connectivity index (χ2n) is 3.68. The molecule has 0 unspecified atom stereocenters. The van der Waals surface area contributed by atoms with Crippen LogP contribution >= 0.6 is 0 Å². The monoisotopic (exact) mass is 195 g/mol. The van der Waals surface area contributed by atoms with Crippen LogP contribution in [0.5, 0.6) is 0 Å². The van der Waals surface area contributed by atoms with Gasteiger partial charge in [-0.25, -0.2) is 4.68 Å². The van der Waals surface area contributed by atoms with Crippen LogP contribution in [0.3, 0.4) is 0 Å². The molecule has 1 aromatic heterocycles. The van der Waals surface area contributed by atoms with Crippen molar-refractivity contribution in [2.45, 2.75) is 18.9 Å². The Bertz CT molecular complexity index is 341. The van der Waals surface area contributed by atoms with Crippen LogP contribution in [0.1, 0.15) is 29.4 Å². The molecule has 1 heterocycles. The Morgan fingerprint density at radius 1 is 1.64 bits per heavy atom. The summed E-state index contributed by atoms with van der Waals surface area (Å²) in [5.41, 5.74) is 10.8. The van der Waals surface area contributed by atoms with Crippen LogP contribution in [0.25, 0.3) is 0 Å². The maximum Gasteiger partial charge on any atom is 0.270 e. The van der Waals surface area contributed by atoms with Crippen molar-refractivity contribution >= 4 is 5.91 Å². The Morgan fingerprint density at radius 3 is 2.86 bits per heavy atom. The van der Waals surface area contributed by atoms with Crippen molar-refractivity contribution in [1.29, 1.82) is 0 Å². The molecule has 4 N–H and O–H groups in total. The van der Waals surface area contributed by atoms with Gasteiger partial charge in [-0.05, 0) is 25.3 Å². The summed E-state index contributed by atoms with van der Waals surface area (Å²) in [6, 6.07) is 0.337. The lowest BCUT2D eigenvalue weighted by atomic mass is 9.80. The van der Waals surface area contributed by atoms with E-state index in [2.05, 4.69) is 10.3 Å². The molecule has 1 fully saturated rings. The Labute approximate surface area is 81.3 Å². The molecule has 0 radical (unpaired) electrons. The van der Waals surface area contributed by atoms with Gasteiger partial charge in [-0.3, -0.25) is 4.79 Å². The molecule has 14 heavy (non-hydrogen) atoms. The van der Waals surface area contributed by atoms with Gasteiger partial charge in [0.25, 0.3) is 5.91 Å².